The Bertz CT molecular complexity index is 1020. The molecule has 4 atom stereocenters. The van der Waals surface area contributed by atoms with Crippen LogP contribution in [-0.2, 0) is 9.53 Å². The summed E-state index contributed by atoms with van der Waals surface area (Å²) in [7, 11) is 0. The predicted molar refractivity (Wildman–Crippen MR) is 134 cm³/mol. The second-order valence-corrected chi connectivity index (χ2v) is 10.4. The number of nitrogens with one attached hydrogen (secondary N) is 1. The van der Waals surface area contributed by atoms with Crippen LogP contribution in [0.2, 0.25) is 0 Å². The largest absolute Gasteiger partial charge is 0.381 e. The number of carbonyl (C=O) groups is 2. The third-order valence-corrected chi connectivity index (χ3v) is 7.96. The highest BCUT2D eigenvalue weighted by Crippen LogP contribution is 2.33. The van der Waals surface area contributed by atoms with Gasteiger partial charge in [-0.3, -0.25) is 14.6 Å². The molecule has 2 amide bonds. The van der Waals surface area contributed by atoms with Gasteiger partial charge in [-0.1, -0.05) is 30.3 Å². The minimum Gasteiger partial charge on any atom is -0.381 e. The number of benzene rings is 1. The van der Waals surface area contributed by atoms with E-state index in [-0.39, 0.29) is 23.8 Å². The fourth-order valence-electron chi connectivity index (χ4n) is 5.96. The zero-order valence-corrected chi connectivity index (χ0v) is 20.8. The Morgan fingerprint density at radius 3 is 2.49 bits per heavy atom. The van der Waals surface area contributed by atoms with Crippen molar-refractivity contribution in [3.05, 3.63) is 65.0 Å². The van der Waals surface area contributed by atoms with Crippen molar-refractivity contribution in [2.24, 2.45) is 17.8 Å². The maximum Gasteiger partial charge on any atom is 0.255 e. The maximum atomic E-state index is 13.2. The first-order valence-corrected chi connectivity index (χ1v) is 12.9. The Morgan fingerprint density at radius 1 is 1.09 bits per heavy atom. The van der Waals surface area contributed by atoms with Gasteiger partial charge in [-0.15, -0.1) is 0 Å². The monoisotopic (exact) mass is 476 g/mol. The second-order valence-electron chi connectivity index (χ2n) is 10.4. The molecule has 4 heterocycles. The fraction of sp³-hybridized carbons (Fsp3) is 0.536. The van der Waals surface area contributed by atoms with E-state index in [9.17, 15) is 9.59 Å². The zero-order chi connectivity index (χ0) is 24.4. The Morgan fingerprint density at radius 2 is 1.83 bits per heavy atom. The molecule has 0 radical (unpaired) electrons. The number of ether oxygens (including phenoxy) is 1. The van der Waals surface area contributed by atoms with E-state index in [2.05, 4.69) is 27.3 Å². The molecule has 1 N–H and O–H groups in total. The number of nitrogens with zero attached hydrogens (tertiary/aromatic N) is 3. The van der Waals surface area contributed by atoms with Crippen molar-refractivity contribution in [1.29, 1.82) is 0 Å². The Hall–Kier alpha value is -2.77. The number of carbonyl (C=O) groups excluding carboxylic acids is 2. The third kappa shape index (κ3) is 5.26. The van der Waals surface area contributed by atoms with Gasteiger partial charge in [0.25, 0.3) is 5.91 Å². The number of hydrogen-bond donors (Lipinski definition) is 1. The lowest BCUT2D eigenvalue weighted by Gasteiger charge is -2.26. The van der Waals surface area contributed by atoms with Gasteiger partial charge in [0.1, 0.15) is 0 Å². The summed E-state index contributed by atoms with van der Waals surface area (Å²) in [5, 5.41) is 3.30. The molecule has 2 aromatic rings. The van der Waals surface area contributed by atoms with Crippen molar-refractivity contribution < 1.29 is 14.3 Å². The first kappa shape index (κ1) is 23.9. The molecule has 7 heteroatoms. The molecule has 0 bridgehead atoms. The standard InChI is InChI=1S/C28H36N4O3/c1-19-8-11-29-20(2)26(19)28(34)32-16-23-14-31(15-24(23)17-32)12-9-25(21-6-4-3-5-7-21)30-27(33)22-10-13-35-18-22/h3-8,11,22-25H,9-10,12-18H2,1-2H3,(H,30,33)/t22?,23-,24?,25-/m0/s1. The van der Waals surface area contributed by atoms with E-state index in [0.29, 0.717) is 25.0 Å². The van der Waals surface area contributed by atoms with Crippen LogP contribution in [0.15, 0.2) is 42.6 Å². The van der Waals surface area contributed by atoms with Crippen molar-refractivity contribution in [1.82, 2.24) is 20.1 Å². The summed E-state index contributed by atoms with van der Waals surface area (Å²) in [6.45, 7) is 9.67. The number of likely N-dealkylation sites (tertiary alicyclic amines) is 2. The van der Waals surface area contributed by atoms with Crippen LogP contribution in [0.5, 0.6) is 0 Å². The Balaban J connectivity index is 1.17. The summed E-state index contributed by atoms with van der Waals surface area (Å²) in [5.41, 5.74) is 3.72. The quantitative estimate of drug-likeness (QED) is 0.665. The Kier molecular flexibility index (Phi) is 7.16. The van der Waals surface area contributed by atoms with Gasteiger partial charge in [0.05, 0.1) is 29.8 Å². The summed E-state index contributed by atoms with van der Waals surface area (Å²) in [6.07, 6.45) is 3.44. The van der Waals surface area contributed by atoms with Crippen LogP contribution in [-0.4, -0.2) is 72.5 Å². The second kappa shape index (κ2) is 10.5. The first-order chi connectivity index (χ1) is 17.0. The van der Waals surface area contributed by atoms with Gasteiger partial charge in [0.2, 0.25) is 5.91 Å². The predicted octanol–water partition coefficient (Wildman–Crippen LogP) is 2.99. The molecular weight excluding hydrogens is 440 g/mol. The Labute approximate surface area is 207 Å². The summed E-state index contributed by atoms with van der Waals surface area (Å²) < 4.78 is 5.42. The van der Waals surface area contributed by atoms with Crippen LogP contribution in [0.1, 0.15) is 46.1 Å². The number of hydrogen-bond acceptors (Lipinski definition) is 5. The van der Waals surface area contributed by atoms with E-state index in [1.54, 1.807) is 6.20 Å². The van der Waals surface area contributed by atoms with E-state index < -0.39 is 0 Å². The van der Waals surface area contributed by atoms with E-state index in [1.165, 1.54) is 0 Å². The van der Waals surface area contributed by atoms with Crippen LogP contribution < -0.4 is 5.32 Å². The van der Waals surface area contributed by atoms with Crippen LogP contribution in [0.25, 0.3) is 0 Å². The van der Waals surface area contributed by atoms with Crippen LogP contribution in [0.4, 0.5) is 0 Å². The maximum absolute atomic E-state index is 13.2. The number of amides is 2. The molecule has 0 saturated carbocycles. The van der Waals surface area contributed by atoms with E-state index in [4.69, 9.17) is 4.74 Å². The molecule has 3 aliphatic heterocycles. The van der Waals surface area contributed by atoms with E-state index >= 15 is 0 Å². The van der Waals surface area contributed by atoms with Gasteiger partial charge in [0.15, 0.2) is 0 Å². The van der Waals surface area contributed by atoms with Gasteiger partial charge < -0.3 is 19.9 Å². The number of fused-ring (bicyclic) bond motifs is 1. The van der Waals surface area contributed by atoms with Gasteiger partial charge in [-0.05, 0) is 55.7 Å². The van der Waals surface area contributed by atoms with E-state index in [0.717, 1.165) is 67.9 Å². The molecule has 0 spiro atoms. The molecule has 186 valence electrons. The SMILES string of the molecule is Cc1ccnc(C)c1C(=O)N1CC2CN(CC[C@H](NC(=O)C3CCOC3)c3ccccc3)C[C@H]2C1. The third-order valence-electron chi connectivity index (χ3n) is 7.96. The van der Waals surface area contributed by atoms with Crippen LogP contribution >= 0.6 is 0 Å². The summed E-state index contributed by atoms with van der Waals surface area (Å²) in [6, 6.07) is 12.2. The summed E-state index contributed by atoms with van der Waals surface area (Å²) in [4.78, 5) is 34.9. The number of aryl methyl sites for hydroxylation is 2. The van der Waals surface area contributed by atoms with Crippen LogP contribution in [0, 0.1) is 31.6 Å². The van der Waals surface area contributed by atoms with Crippen molar-refractivity contribution in [2.45, 2.75) is 32.7 Å². The lowest BCUT2D eigenvalue weighted by molar-refractivity contribution is -0.125. The minimum atomic E-state index is -0.0389. The average molecular weight is 477 g/mol. The van der Waals surface area contributed by atoms with Crippen LogP contribution in [0.3, 0.4) is 0 Å². The smallest absolute Gasteiger partial charge is 0.255 e. The molecule has 3 aliphatic rings. The zero-order valence-electron chi connectivity index (χ0n) is 20.8. The molecule has 35 heavy (non-hydrogen) atoms. The minimum absolute atomic E-state index is 0.000604. The molecule has 3 fully saturated rings. The van der Waals surface area contributed by atoms with Crippen molar-refractivity contribution >= 4 is 11.8 Å². The topological polar surface area (TPSA) is 74.8 Å². The van der Waals surface area contributed by atoms with E-state index in [1.807, 2.05) is 43.0 Å². The number of aromatic nitrogens is 1. The van der Waals surface area contributed by atoms with Crippen molar-refractivity contribution in [3.8, 4) is 0 Å². The average Bonchev–Trinajstić information content (AvgIpc) is 3.59. The molecular formula is C28H36N4O3. The van der Waals surface area contributed by atoms with Gasteiger partial charge in [-0.25, -0.2) is 0 Å². The summed E-state index contributed by atoms with van der Waals surface area (Å²) in [5.74, 6) is 1.21. The highest BCUT2D eigenvalue weighted by atomic mass is 16.5. The number of rotatable bonds is 7. The number of pyridine rings is 1. The highest BCUT2D eigenvalue weighted by molar-refractivity contribution is 5.96. The molecule has 1 aromatic heterocycles. The summed E-state index contributed by atoms with van der Waals surface area (Å²) >= 11 is 0. The molecule has 3 saturated heterocycles. The molecule has 5 rings (SSSR count). The van der Waals surface area contributed by atoms with Gasteiger partial charge in [-0.2, -0.15) is 0 Å². The lowest BCUT2D eigenvalue weighted by atomic mass is 10.0. The van der Waals surface area contributed by atoms with Crippen molar-refractivity contribution in [2.75, 3.05) is 45.9 Å². The molecule has 7 nitrogen and oxygen atoms in total. The van der Waals surface area contributed by atoms with Crippen molar-refractivity contribution in [3.63, 3.8) is 0 Å². The van der Waals surface area contributed by atoms with Gasteiger partial charge >= 0.3 is 0 Å². The highest BCUT2D eigenvalue weighted by Gasteiger charge is 2.42. The first-order valence-electron chi connectivity index (χ1n) is 12.9. The normalized spacial score (nSPS) is 25.0. The molecule has 2 unspecified atom stereocenters. The fourth-order valence-corrected chi connectivity index (χ4v) is 5.96. The van der Waals surface area contributed by atoms with Gasteiger partial charge in [0, 0.05) is 45.5 Å². The molecule has 0 aliphatic carbocycles. The lowest BCUT2D eigenvalue weighted by Crippen LogP contribution is -2.37. The molecule has 1 aromatic carbocycles.